The van der Waals surface area contributed by atoms with Crippen LogP contribution in [0.4, 0.5) is 0 Å². The molecular weight excluding hydrogens is 132 g/mol. The molecule has 1 aliphatic rings. The van der Waals surface area contributed by atoms with Gasteiger partial charge in [-0.1, -0.05) is 38.8 Å². The first kappa shape index (κ1) is 8.83. The number of hydrogen-bond acceptors (Lipinski definition) is 0. The van der Waals surface area contributed by atoms with Gasteiger partial charge in [-0.15, -0.1) is 0 Å². The number of rotatable bonds is 2. The lowest BCUT2D eigenvalue weighted by Gasteiger charge is -2.07. The Balaban J connectivity index is 2.67. The minimum absolute atomic E-state index is 0.803. The second-order valence-corrected chi connectivity index (χ2v) is 4.03. The molecule has 1 aliphatic carbocycles. The minimum Gasteiger partial charge on any atom is -0.0707 e. The molecule has 11 heavy (non-hydrogen) atoms. The van der Waals surface area contributed by atoms with Gasteiger partial charge >= 0.3 is 0 Å². The van der Waals surface area contributed by atoms with Crippen molar-refractivity contribution >= 4 is 0 Å². The summed E-state index contributed by atoms with van der Waals surface area (Å²) < 4.78 is 0. The van der Waals surface area contributed by atoms with Crippen LogP contribution in [0.2, 0.25) is 0 Å². The molecule has 1 rings (SSSR count). The number of hydrogen-bond donors (Lipinski definition) is 0. The summed E-state index contributed by atoms with van der Waals surface area (Å²) in [6.45, 7) is 11.6. The second-order valence-electron chi connectivity index (χ2n) is 4.03. The van der Waals surface area contributed by atoms with E-state index in [0.717, 1.165) is 17.8 Å². The molecule has 3 atom stereocenters. The molecule has 0 aromatic heterocycles. The Bertz CT molecular complexity index is 166. The fraction of sp³-hybridized carbons (Fsp3) is 0.818. The quantitative estimate of drug-likeness (QED) is 0.530. The van der Waals surface area contributed by atoms with Gasteiger partial charge in [-0.3, -0.25) is 0 Å². The van der Waals surface area contributed by atoms with Crippen LogP contribution in [0.5, 0.6) is 0 Å². The fourth-order valence-corrected chi connectivity index (χ4v) is 1.88. The van der Waals surface area contributed by atoms with Gasteiger partial charge in [0.1, 0.15) is 0 Å². The van der Waals surface area contributed by atoms with Crippen LogP contribution in [0.25, 0.3) is 0 Å². The van der Waals surface area contributed by atoms with Gasteiger partial charge in [-0.05, 0) is 31.1 Å². The average Bonchev–Trinajstić information content (AvgIpc) is 2.57. The van der Waals surface area contributed by atoms with E-state index in [9.17, 15) is 0 Å². The second kappa shape index (κ2) is 3.00. The standard InChI is InChI=1S/C11H20/c1-6-7(2)8(3)11-9(4)10(11)5/h7,9-10H,6H2,1-5H3. The zero-order valence-electron chi connectivity index (χ0n) is 8.44. The Hall–Kier alpha value is -0.260. The molecule has 0 bridgehead atoms. The third-order valence-electron chi connectivity index (χ3n) is 3.43. The van der Waals surface area contributed by atoms with Crippen molar-refractivity contribution < 1.29 is 0 Å². The molecular formula is C11H20. The molecule has 0 saturated heterocycles. The van der Waals surface area contributed by atoms with Gasteiger partial charge in [0.2, 0.25) is 0 Å². The summed E-state index contributed by atoms with van der Waals surface area (Å²) >= 11 is 0. The van der Waals surface area contributed by atoms with Crippen LogP contribution in [-0.2, 0) is 0 Å². The first-order valence-corrected chi connectivity index (χ1v) is 4.80. The average molecular weight is 152 g/mol. The molecule has 0 amide bonds. The lowest BCUT2D eigenvalue weighted by Crippen LogP contribution is -1.93. The summed E-state index contributed by atoms with van der Waals surface area (Å²) in [5, 5.41) is 0. The Kier molecular flexibility index (Phi) is 2.41. The zero-order chi connectivity index (χ0) is 8.59. The highest BCUT2D eigenvalue weighted by atomic mass is 14.4. The molecule has 0 heteroatoms. The first-order chi connectivity index (χ1) is 5.09. The summed E-state index contributed by atoms with van der Waals surface area (Å²) in [7, 11) is 0. The van der Waals surface area contributed by atoms with Crippen LogP contribution in [0.15, 0.2) is 11.1 Å². The van der Waals surface area contributed by atoms with Crippen molar-refractivity contribution in [1.29, 1.82) is 0 Å². The largest absolute Gasteiger partial charge is 0.0707 e. The summed E-state index contributed by atoms with van der Waals surface area (Å²) in [6.07, 6.45) is 1.29. The lowest BCUT2D eigenvalue weighted by molar-refractivity contribution is 0.650. The molecule has 0 aromatic rings. The van der Waals surface area contributed by atoms with Gasteiger partial charge in [0.15, 0.2) is 0 Å². The molecule has 1 saturated carbocycles. The van der Waals surface area contributed by atoms with Gasteiger partial charge in [0, 0.05) is 0 Å². The molecule has 64 valence electrons. The van der Waals surface area contributed by atoms with E-state index in [4.69, 9.17) is 0 Å². The zero-order valence-corrected chi connectivity index (χ0v) is 8.44. The molecule has 0 radical (unpaired) electrons. The molecule has 0 aliphatic heterocycles. The highest BCUT2D eigenvalue weighted by molar-refractivity contribution is 5.33. The summed E-state index contributed by atoms with van der Waals surface area (Å²) in [5.41, 5.74) is 3.40. The third kappa shape index (κ3) is 1.50. The van der Waals surface area contributed by atoms with Gasteiger partial charge in [0.25, 0.3) is 0 Å². The van der Waals surface area contributed by atoms with Crippen molar-refractivity contribution in [2.45, 2.75) is 41.0 Å². The highest BCUT2D eigenvalue weighted by Crippen LogP contribution is 2.48. The predicted octanol–water partition coefficient (Wildman–Crippen LogP) is 3.63. The van der Waals surface area contributed by atoms with Crippen molar-refractivity contribution in [2.24, 2.45) is 17.8 Å². The van der Waals surface area contributed by atoms with Gasteiger partial charge in [-0.25, -0.2) is 0 Å². The molecule has 3 unspecified atom stereocenters. The fourth-order valence-electron chi connectivity index (χ4n) is 1.88. The maximum absolute atomic E-state index is 2.34. The van der Waals surface area contributed by atoms with Gasteiger partial charge < -0.3 is 0 Å². The van der Waals surface area contributed by atoms with E-state index in [1.807, 2.05) is 0 Å². The Morgan fingerprint density at radius 1 is 1.36 bits per heavy atom. The Morgan fingerprint density at radius 2 is 1.82 bits per heavy atom. The van der Waals surface area contributed by atoms with E-state index in [2.05, 4.69) is 34.6 Å². The van der Waals surface area contributed by atoms with E-state index < -0.39 is 0 Å². The summed E-state index contributed by atoms with van der Waals surface area (Å²) in [4.78, 5) is 0. The van der Waals surface area contributed by atoms with E-state index in [1.54, 1.807) is 11.1 Å². The molecule has 0 nitrogen and oxygen atoms in total. The molecule has 0 spiro atoms. The Morgan fingerprint density at radius 3 is 2.09 bits per heavy atom. The van der Waals surface area contributed by atoms with Crippen molar-refractivity contribution in [3.8, 4) is 0 Å². The lowest BCUT2D eigenvalue weighted by atomic mass is 9.98. The SMILES string of the molecule is CCC(C)C(C)=C1C(C)C1C. The van der Waals surface area contributed by atoms with E-state index >= 15 is 0 Å². The van der Waals surface area contributed by atoms with Gasteiger partial charge in [-0.2, -0.15) is 0 Å². The molecule has 0 heterocycles. The molecule has 0 aromatic carbocycles. The smallest absolute Gasteiger partial charge is 0.0163 e. The number of allylic oxidation sites excluding steroid dienone is 2. The van der Waals surface area contributed by atoms with E-state index in [-0.39, 0.29) is 0 Å². The highest BCUT2D eigenvalue weighted by Gasteiger charge is 2.37. The molecule has 0 N–H and O–H groups in total. The third-order valence-corrected chi connectivity index (χ3v) is 3.43. The van der Waals surface area contributed by atoms with Crippen LogP contribution < -0.4 is 0 Å². The van der Waals surface area contributed by atoms with Crippen molar-refractivity contribution in [3.05, 3.63) is 11.1 Å². The normalized spacial score (nSPS) is 31.9. The summed E-state index contributed by atoms with van der Waals surface area (Å²) in [5.74, 6) is 2.56. The van der Waals surface area contributed by atoms with Crippen LogP contribution >= 0.6 is 0 Å². The van der Waals surface area contributed by atoms with Crippen LogP contribution in [0, 0.1) is 17.8 Å². The summed E-state index contributed by atoms with van der Waals surface area (Å²) in [6, 6.07) is 0. The van der Waals surface area contributed by atoms with Crippen LogP contribution in [0.3, 0.4) is 0 Å². The van der Waals surface area contributed by atoms with Gasteiger partial charge in [0.05, 0.1) is 0 Å². The monoisotopic (exact) mass is 152 g/mol. The molecule has 1 fully saturated rings. The van der Waals surface area contributed by atoms with E-state index in [0.29, 0.717) is 0 Å². The Labute approximate surface area is 70.7 Å². The van der Waals surface area contributed by atoms with E-state index in [1.165, 1.54) is 6.42 Å². The van der Waals surface area contributed by atoms with Crippen molar-refractivity contribution in [2.75, 3.05) is 0 Å². The predicted molar refractivity (Wildman–Crippen MR) is 50.5 cm³/mol. The van der Waals surface area contributed by atoms with Crippen molar-refractivity contribution in [3.63, 3.8) is 0 Å². The minimum atomic E-state index is 0.803. The van der Waals surface area contributed by atoms with Crippen LogP contribution in [0.1, 0.15) is 41.0 Å². The topological polar surface area (TPSA) is 0 Å². The van der Waals surface area contributed by atoms with Crippen molar-refractivity contribution in [1.82, 2.24) is 0 Å². The maximum atomic E-state index is 2.34. The first-order valence-electron chi connectivity index (χ1n) is 4.80. The maximum Gasteiger partial charge on any atom is -0.0163 e. The van der Waals surface area contributed by atoms with Crippen LogP contribution in [-0.4, -0.2) is 0 Å².